The van der Waals surface area contributed by atoms with Crippen LogP contribution in [0.4, 0.5) is 5.69 Å². The first kappa shape index (κ1) is 18.6. The fourth-order valence-electron chi connectivity index (χ4n) is 2.92. The number of aromatic carboxylic acids is 1. The molecule has 1 atom stereocenters. The minimum Gasteiger partial charge on any atom is -0.478 e. The Balaban J connectivity index is 1.84. The Morgan fingerprint density at radius 1 is 1.31 bits per heavy atom. The first-order chi connectivity index (χ1) is 12.3. The van der Waals surface area contributed by atoms with Crippen molar-refractivity contribution in [3.05, 3.63) is 46.8 Å². The summed E-state index contributed by atoms with van der Waals surface area (Å²) in [5.41, 5.74) is 1.13. The quantitative estimate of drug-likeness (QED) is 0.811. The van der Waals surface area contributed by atoms with Crippen molar-refractivity contribution in [3.8, 4) is 0 Å². The lowest BCUT2D eigenvalue weighted by Gasteiger charge is -2.23. The van der Waals surface area contributed by atoms with E-state index in [9.17, 15) is 18.0 Å². The molecule has 1 fully saturated rings. The van der Waals surface area contributed by atoms with Crippen LogP contribution in [0.2, 0.25) is 0 Å². The minimum absolute atomic E-state index is 0.0559. The van der Waals surface area contributed by atoms with Gasteiger partial charge < -0.3 is 10.4 Å². The Bertz CT molecular complexity index is 938. The average molecular weight is 394 g/mol. The van der Waals surface area contributed by atoms with E-state index >= 15 is 0 Å². The predicted octanol–water partition coefficient (Wildman–Crippen LogP) is 2.55. The summed E-state index contributed by atoms with van der Waals surface area (Å²) in [4.78, 5) is 23.8. The molecular weight excluding hydrogens is 376 g/mol. The molecular formula is C17H18N2O5S2. The van der Waals surface area contributed by atoms with E-state index in [4.69, 9.17) is 5.11 Å². The highest BCUT2D eigenvalue weighted by molar-refractivity contribution is 7.91. The van der Waals surface area contributed by atoms with E-state index in [2.05, 4.69) is 5.32 Å². The number of nitrogens with one attached hydrogen (secondary N) is 1. The van der Waals surface area contributed by atoms with Crippen LogP contribution in [0, 0.1) is 6.92 Å². The number of carboxylic acids is 1. The molecule has 0 spiro atoms. The summed E-state index contributed by atoms with van der Waals surface area (Å²) in [5, 5.41) is 13.5. The van der Waals surface area contributed by atoms with Gasteiger partial charge in [0.1, 0.15) is 10.3 Å². The van der Waals surface area contributed by atoms with Crippen molar-refractivity contribution in [3.63, 3.8) is 0 Å². The molecule has 2 N–H and O–H groups in total. The van der Waals surface area contributed by atoms with Gasteiger partial charge in [-0.25, -0.2) is 13.2 Å². The third-order valence-electron chi connectivity index (χ3n) is 4.31. The molecule has 2 heterocycles. The molecule has 1 aliphatic heterocycles. The molecule has 0 radical (unpaired) electrons. The lowest BCUT2D eigenvalue weighted by atomic mass is 10.1. The van der Waals surface area contributed by atoms with E-state index in [1.807, 2.05) is 0 Å². The van der Waals surface area contributed by atoms with E-state index in [0.29, 0.717) is 24.1 Å². The lowest BCUT2D eigenvalue weighted by molar-refractivity contribution is -0.119. The van der Waals surface area contributed by atoms with Crippen molar-refractivity contribution in [1.82, 2.24) is 4.31 Å². The van der Waals surface area contributed by atoms with Crippen molar-refractivity contribution in [2.24, 2.45) is 0 Å². The summed E-state index contributed by atoms with van der Waals surface area (Å²) in [6.07, 6.45) is 1.02. The fraction of sp³-hybridized carbons (Fsp3) is 0.294. The first-order valence-corrected chi connectivity index (χ1v) is 10.3. The highest BCUT2D eigenvalue weighted by atomic mass is 32.2. The van der Waals surface area contributed by atoms with E-state index < -0.39 is 27.9 Å². The summed E-state index contributed by atoms with van der Waals surface area (Å²) >= 11 is 1.12. The molecule has 2 aromatic rings. The molecule has 1 aromatic heterocycles. The number of sulfonamides is 1. The third kappa shape index (κ3) is 3.50. The maximum Gasteiger partial charge on any atom is 0.335 e. The van der Waals surface area contributed by atoms with Crippen LogP contribution in [0.1, 0.15) is 28.8 Å². The third-order valence-corrected chi connectivity index (χ3v) is 7.59. The van der Waals surface area contributed by atoms with E-state index in [0.717, 1.165) is 11.3 Å². The van der Waals surface area contributed by atoms with Crippen LogP contribution < -0.4 is 5.32 Å². The molecule has 0 saturated carbocycles. The number of benzene rings is 1. The van der Waals surface area contributed by atoms with Crippen LogP contribution in [0.15, 0.2) is 39.9 Å². The van der Waals surface area contributed by atoms with Crippen LogP contribution in [-0.4, -0.2) is 42.3 Å². The van der Waals surface area contributed by atoms with Gasteiger partial charge in [-0.3, -0.25) is 4.79 Å². The predicted molar refractivity (Wildman–Crippen MR) is 98.0 cm³/mol. The average Bonchev–Trinajstić information content (AvgIpc) is 3.28. The molecule has 0 aliphatic carbocycles. The Morgan fingerprint density at radius 3 is 2.73 bits per heavy atom. The summed E-state index contributed by atoms with van der Waals surface area (Å²) < 4.78 is 26.9. The number of carboxylic acid groups (broad SMARTS) is 1. The molecule has 138 valence electrons. The number of thiophene rings is 1. The van der Waals surface area contributed by atoms with Gasteiger partial charge in [-0.2, -0.15) is 4.31 Å². The number of carbonyl (C=O) groups excluding carboxylic acids is 1. The van der Waals surface area contributed by atoms with E-state index in [-0.39, 0.29) is 16.3 Å². The highest BCUT2D eigenvalue weighted by Gasteiger charge is 2.40. The number of hydrogen-bond acceptors (Lipinski definition) is 5. The van der Waals surface area contributed by atoms with Crippen molar-refractivity contribution in [1.29, 1.82) is 0 Å². The molecule has 1 aromatic carbocycles. The van der Waals surface area contributed by atoms with Gasteiger partial charge >= 0.3 is 5.97 Å². The summed E-state index contributed by atoms with van der Waals surface area (Å²) in [6, 6.07) is 6.81. The molecule has 1 amide bonds. The normalized spacial score (nSPS) is 18.0. The standard InChI is InChI=1S/C17H18N2O5S2/c1-11-6-7-12(17(21)22)10-13(11)18-16(20)14-4-2-8-19(14)26(23,24)15-5-3-9-25-15/h3,5-7,9-10,14H,2,4,8H2,1H3,(H,18,20)(H,21,22). The van der Waals surface area contributed by atoms with Crippen LogP contribution in [0.5, 0.6) is 0 Å². The molecule has 7 nitrogen and oxygen atoms in total. The molecule has 0 bridgehead atoms. The van der Waals surface area contributed by atoms with Crippen molar-refractivity contribution in [2.45, 2.75) is 30.0 Å². The lowest BCUT2D eigenvalue weighted by Crippen LogP contribution is -2.43. The number of amides is 1. The number of rotatable bonds is 5. The van der Waals surface area contributed by atoms with Gasteiger partial charge in [0.2, 0.25) is 5.91 Å². The molecule has 1 unspecified atom stereocenters. The zero-order chi connectivity index (χ0) is 18.9. The van der Waals surface area contributed by atoms with Crippen LogP contribution >= 0.6 is 11.3 Å². The zero-order valence-electron chi connectivity index (χ0n) is 14.0. The number of hydrogen-bond donors (Lipinski definition) is 2. The molecule has 26 heavy (non-hydrogen) atoms. The monoisotopic (exact) mass is 394 g/mol. The SMILES string of the molecule is Cc1ccc(C(=O)O)cc1NC(=O)C1CCCN1S(=O)(=O)c1cccs1. The van der Waals surface area contributed by atoms with E-state index in [1.165, 1.54) is 22.5 Å². The molecule has 3 rings (SSSR count). The van der Waals surface area contributed by atoms with Crippen molar-refractivity contribution < 1.29 is 23.1 Å². The van der Waals surface area contributed by atoms with Gasteiger partial charge in [0.15, 0.2) is 0 Å². The number of aryl methyl sites for hydroxylation is 1. The Kier molecular flexibility index (Phi) is 5.12. The summed E-state index contributed by atoms with van der Waals surface area (Å²) in [6.45, 7) is 2.03. The second-order valence-corrected chi connectivity index (χ2v) is 9.10. The first-order valence-electron chi connectivity index (χ1n) is 8.01. The van der Waals surface area contributed by atoms with Gasteiger partial charge in [-0.15, -0.1) is 11.3 Å². The number of anilines is 1. The van der Waals surface area contributed by atoms with Gasteiger partial charge in [0, 0.05) is 12.2 Å². The molecule has 1 aliphatic rings. The zero-order valence-corrected chi connectivity index (χ0v) is 15.6. The van der Waals surface area contributed by atoms with Crippen molar-refractivity contribution in [2.75, 3.05) is 11.9 Å². The Hall–Kier alpha value is -2.23. The van der Waals surface area contributed by atoms with Gasteiger partial charge in [0.25, 0.3) is 10.0 Å². The number of carbonyl (C=O) groups is 2. The Labute approximate surface area is 155 Å². The summed E-state index contributed by atoms with van der Waals surface area (Å²) in [7, 11) is -3.72. The summed E-state index contributed by atoms with van der Waals surface area (Å²) in [5.74, 6) is -1.54. The Morgan fingerprint density at radius 2 is 2.08 bits per heavy atom. The maximum absolute atomic E-state index is 12.8. The number of nitrogens with zero attached hydrogens (tertiary/aromatic N) is 1. The second-order valence-electron chi connectivity index (χ2n) is 6.03. The highest BCUT2D eigenvalue weighted by Crippen LogP contribution is 2.29. The van der Waals surface area contributed by atoms with Gasteiger partial charge in [-0.05, 0) is 48.9 Å². The van der Waals surface area contributed by atoms with Crippen LogP contribution in [-0.2, 0) is 14.8 Å². The topological polar surface area (TPSA) is 104 Å². The van der Waals surface area contributed by atoms with Crippen LogP contribution in [0.25, 0.3) is 0 Å². The van der Waals surface area contributed by atoms with Gasteiger partial charge in [-0.1, -0.05) is 12.1 Å². The van der Waals surface area contributed by atoms with E-state index in [1.54, 1.807) is 24.4 Å². The fourth-order valence-corrected chi connectivity index (χ4v) is 5.70. The molecule has 1 saturated heterocycles. The smallest absolute Gasteiger partial charge is 0.335 e. The van der Waals surface area contributed by atoms with Crippen LogP contribution in [0.3, 0.4) is 0 Å². The minimum atomic E-state index is -3.72. The van der Waals surface area contributed by atoms with Gasteiger partial charge in [0.05, 0.1) is 5.56 Å². The van der Waals surface area contributed by atoms with Crippen molar-refractivity contribution >= 4 is 38.9 Å². The second kappa shape index (κ2) is 7.18. The molecule has 9 heteroatoms. The largest absolute Gasteiger partial charge is 0.478 e. The maximum atomic E-state index is 12.8.